The van der Waals surface area contributed by atoms with Crippen molar-refractivity contribution in [3.63, 3.8) is 0 Å². The number of carbonyl (C=O) groups is 1. The first-order valence-electron chi connectivity index (χ1n) is 9.37. The molecular weight excluding hydrogens is 342 g/mol. The van der Waals surface area contributed by atoms with Crippen LogP contribution in [-0.4, -0.2) is 29.9 Å². The number of benzene rings is 1. The molecule has 0 unspecified atom stereocenters. The second-order valence-electron chi connectivity index (χ2n) is 6.12. The van der Waals surface area contributed by atoms with Gasteiger partial charge in [0.15, 0.2) is 5.84 Å². The van der Waals surface area contributed by atoms with E-state index in [4.69, 9.17) is 16.2 Å². The molecule has 0 aliphatic heterocycles. The van der Waals surface area contributed by atoms with Crippen LogP contribution in [0.3, 0.4) is 0 Å². The van der Waals surface area contributed by atoms with Crippen LogP contribution < -0.4 is 16.8 Å². The number of aryl methyl sites for hydroxylation is 1. The van der Waals surface area contributed by atoms with Gasteiger partial charge in [0.1, 0.15) is 11.4 Å². The molecule has 1 rings (SSSR count). The maximum absolute atomic E-state index is 11.5. The molecule has 0 aromatic heterocycles. The van der Waals surface area contributed by atoms with Gasteiger partial charge in [-0.25, -0.2) is 4.79 Å². The molecule has 0 aliphatic rings. The number of nitrogens with zero attached hydrogens (tertiary/aromatic N) is 2. The predicted octanol–water partition coefficient (Wildman–Crippen LogP) is 3.94. The molecule has 0 saturated heterocycles. The highest BCUT2D eigenvalue weighted by molar-refractivity contribution is 5.97. The average Bonchev–Trinajstić information content (AvgIpc) is 2.62. The van der Waals surface area contributed by atoms with Crippen molar-refractivity contribution in [2.45, 2.75) is 67.4 Å². The second kappa shape index (κ2) is 14.6. The molecule has 0 heterocycles. The Kier molecular flexibility index (Phi) is 14.4. The fourth-order valence-corrected chi connectivity index (χ4v) is 1.56. The van der Waals surface area contributed by atoms with Crippen molar-refractivity contribution in [1.82, 2.24) is 5.32 Å². The fourth-order valence-electron chi connectivity index (χ4n) is 1.56. The molecule has 7 heteroatoms. The number of alkyl carbamates (subject to hydrolysis) is 1. The summed E-state index contributed by atoms with van der Waals surface area (Å²) in [6.07, 6.45) is -0.142. The first-order valence-corrected chi connectivity index (χ1v) is 9.37. The molecule has 0 radical (unpaired) electrons. The fraction of sp³-hybridized carbons (Fsp3) is 0.550. The van der Waals surface area contributed by atoms with E-state index >= 15 is 0 Å². The SMILES string of the molecule is CC.CC.Cc1ccc(/C(N)=N/N=C(\N)CCNC(=O)OC(C)(C)C)cc1. The Morgan fingerprint density at radius 3 is 2.04 bits per heavy atom. The highest BCUT2D eigenvalue weighted by Crippen LogP contribution is 2.06. The van der Waals surface area contributed by atoms with Crippen molar-refractivity contribution in [3.05, 3.63) is 35.4 Å². The lowest BCUT2D eigenvalue weighted by Crippen LogP contribution is -2.34. The van der Waals surface area contributed by atoms with E-state index in [1.807, 2.05) is 58.9 Å². The van der Waals surface area contributed by atoms with Gasteiger partial charge < -0.3 is 21.5 Å². The zero-order valence-corrected chi connectivity index (χ0v) is 18.1. The third-order valence-electron chi connectivity index (χ3n) is 2.68. The van der Waals surface area contributed by atoms with Crippen molar-refractivity contribution in [3.8, 4) is 0 Å². The quantitative estimate of drug-likeness (QED) is 0.408. The summed E-state index contributed by atoms with van der Waals surface area (Å²) in [5.41, 5.74) is 13.0. The molecule has 1 amide bonds. The zero-order valence-electron chi connectivity index (χ0n) is 18.1. The Labute approximate surface area is 164 Å². The molecule has 5 N–H and O–H groups in total. The van der Waals surface area contributed by atoms with E-state index in [0.29, 0.717) is 13.0 Å². The highest BCUT2D eigenvalue weighted by Gasteiger charge is 2.15. The maximum atomic E-state index is 11.5. The molecule has 27 heavy (non-hydrogen) atoms. The van der Waals surface area contributed by atoms with Gasteiger partial charge in [0.2, 0.25) is 0 Å². The van der Waals surface area contributed by atoms with Crippen LogP contribution >= 0.6 is 0 Å². The van der Waals surface area contributed by atoms with Crippen LogP contribution in [0.1, 0.15) is 66.0 Å². The van der Waals surface area contributed by atoms with E-state index in [9.17, 15) is 4.79 Å². The molecule has 0 atom stereocenters. The van der Waals surface area contributed by atoms with Gasteiger partial charge in [0.05, 0.1) is 0 Å². The minimum Gasteiger partial charge on any atom is -0.444 e. The van der Waals surface area contributed by atoms with E-state index in [0.717, 1.165) is 11.1 Å². The maximum Gasteiger partial charge on any atom is 0.407 e. The van der Waals surface area contributed by atoms with Gasteiger partial charge >= 0.3 is 6.09 Å². The van der Waals surface area contributed by atoms with Crippen LogP contribution in [0.25, 0.3) is 0 Å². The monoisotopic (exact) mass is 379 g/mol. The molecule has 0 spiro atoms. The Balaban J connectivity index is 0. The van der Waals surface area contributed by atoms with Crippen molar-refractivity contribution in [2.24, 2.45) is 21.7 Å². The third kappa shape index (κ3) is 14.3. The number of rotatable bonds is 5. The van der Waals surface area contributed by atoms with Crippen LogP contribution in [0.4, 0.5) is 4.79 Å². The standard InChI is InChI=1S/C16H25N5O2.2C2H6/c1-11-5-7-12(8-6-11)14(18)21-20-13(17)9-10-19-15(22)23-16(2,3)4;2*1-2/h5-8H,9-10H2,1-4H3,(H2,17,20)(H2,18,21)(H,19,22);2*1-2H3. The van der Waals surface area contributed by atoms with Gasteiger partial charge in [-0.15, -0.1) is 10.2 Å². The van der Waals surface area contributed by atoms with E-state index in [1.54, 1.807) is 20.8 Å². The summed E-state index contributed by atoms with van der Waals surface area (Å²) < 4.78 is 5.11. The molecule has 0 fully saturated rings. The first kappa shape index (κ1) is 26.7. The number of amidine groups is 2. The van der Waals surface area contributed by atoms with Crippen molar-refractivity contribution < 1.29 is 9.53 Å². The van der Waals surface area contributed by atoms with Crippen LogP contribution in [0.2, 0.25) is 0 Å². The average molecular weight is 380 g/mol. The summed E-state index contributed by atoms with van der Waals surface area (Å²) in [5.74, 6) is 0.559. The molecule has 0 saturated carbocycles. The summed E-state index contributed by atoms with van der Waals surface area (Å²) in [6, 6.07) is 7.61. The summed E-state index contributed by atoms with van der Waals surface area (Å²) >= 11 is 0. The van der Waals surface area contributed by atoms with E-state index in [1.165, 1.54) is 0 Å². The minimum absolute atomic E-state index is 0.274. The van der Waals surface area contributed by atoms with E-state index < -0.39 is 11.7 Å². The van der Waals surface area contributed by atoms with E-state index in [-0.39, 0.29) is 11.7 Å². The molecule has 1 aromatic rings. The van der Waals surface area contributed by atoms with Crippen LogP contribution in [0.15, 0.2) is 34.5 Å². The molecule has 7 nitrogen and oxygen atoms in total. The zero-order chi connectivity index (χ0) is 21.5. The lowest BCUT2D eigenvalue weighted by atomic mass is 10.1. The van der Waals surface area contributed by atoms with Crippen molar-refractivity contribution >= 4 is 17.8 Å². The van der Waals surface area contributed by atoms with Gasteiger partial charge in [0.25, 0.3) is 0 Å². The Morgan fingerprint density at radius 2 is 1.56 bits per heavy atom. The van der Waals surface area contributed by atoms with Crippen molar-refractivity contribution in [1.29, 1.82) is 0 Å². The number of nitrogens with two attached hydrogens (primary N) is 2. The minimum atomic E-state index is -0.531. The van der Waals surface area contributed by atoms with Crippen LogP contribution in [0.5, 0.6) is 0 Å². The number of carbonyl (C=O) groups excluding carboxylic acids is 1. The lowest BCUT2D eigenvalue weighted by Gasteiger charge is -2.19. The molecule has 0 aliphatic carbocycles. The number of amides is 1. The number of hydrogen-bond donors (Lipinski definition) is 3. The summed E-state index contributed by atoms with van der Waals surface area (Å²) in [4.78, 5) is 11.5. The summed E-state index contributed by atoms with van der Waals surface area (Å²) in [7, 11) is 0. The Bertz CT molecular complexity index is 587. The number of ether oxygens (including phenoxy) is 1. The van der Waals surface area contributed by atoms with Gasteiger partial charge in [-0.3, -0.25) is 0 Å². The van der Waals surface area contributed by atoms with E-state index in [2.05, 4.69) is 15.5 Å². The molecule has 0 bridgehead atoms. The number of hydrogen-bond acceptors (Lipinski definition) is 4. The third-order valence-corrected chi connectivity index (χ3v) is 2.68. The lowest BCUT2D eigenvalue weighted by molar-refractivity contribution is 0.0529. The Hall–Kier alpha value is -2.57. The van der Waals surface area contributed by atoms with Crippen molar-refractivity contribution in [2.75, 3.05) is 6.54 Å². The smallest absolute Gasteiger partial charge is 0.407 e. The number of nitrogens with one attached hydrogen (secondary N) is 1. The molecule has 154 valence electrons. The first-order chi connectivity index (χ1) is 12.7. The topological polar surface area (TPSA) is 115 Å². The van der Waals surface area contributed by atoms with Gasteiger partial charge in [0, 0.05) is 18.5 Å². The summed E-state index contributed by atoms with van der Waals surface area (Å²) in [6.45, 7) is 15.7. The largest absolute Gasteiger partial charge is 0.444 e. The van der Waals surface area contributed by atoms with Gasteiger partial charge in [-0.2, -0.15) is 0 Å². The predicted molar refractivity (Wildman–Crippen MR) is 115 cm³/mol. The van der Waals surface area contributed by atoms with Gasteiger partial charge in [-0.1, -0.05) is 57.5 Å². The van der Waals surface area contributed by atoms with Gasteiger partial charge in [-0.05, 0) is 27.7 Å². The normalized spacial score (nSPS) is 11.4. The summed E-state index contributed by atoms with van der Waals surface area (Å²) in [5, 5.41) is 10.3. The Morgan fingerprint density at radius 1 is 1.04 bits per heavy atom. The molecular formula is C20H37N5O2. The highest BCUT2D eigenvalue weighted by atomic mass is 16.6. The van der Waals surface area contributed by atoms with Crippen LogP contribution in [-0.2, 0) is 4.74 Å². The van der Waals surface area contributed by atoms with Crippen LogP contribution in [0, 0.1) is 6.92 Å². The molecule has 1 aromatic carbocycles. The second-order valence-corrected chi connectivity index (χ2v) is 6.12.